The third-order valence-electron chi connectivity index (χ3n) is 4.19. The van der Waals surface area contributed by atoms with Gasteiger partial charge >= 0.3 is 5.97 Å². The normalized spacial score (nSPS) is 11.0. The molecule has 0 fully saturated rings. The molecule has 0 radical (unpaired) electrons. The van der Waals surface area contributed by atoms with Crippen molar-refractivity contribution in [2.75, 3.05) is 25.5 Å². The molecule has 0 saturated carbocycles. The van der Waals surface area contributed by atoms with Crippen LogP contribution < -0.4 is 5.32 Å². The van der Waals surface area contributed by atoms with Gasteiger partial charge in [-0.25, -0.2) is 13.2 Å². The molecule has 8 nitrogen and oxygen atoms in total. The van der Waals surface area contributed by atoms with Gasteiger partial charge in [-0.1, -0.05) is 13.3 Å². The minimum atomic E-state index is -3.88. The number of sulfonamides is 1. The SMILES string of the molecule is CCCCOC(=O)c1ccc(NC(=O)CN(C)S(=O)(=O)c2ccc(C#N)cc2)cc1. The van der Waals surface area contributed by atoms with Gasteiger partial charge in [0.15, 0.2) is 0 Å². The maximum Gasteiger partial charge on any atom is 0.338 e. The van der Waals surface area contributed by atoms with Crippen LogP contribution in [0.3, 0.4) is 0 Å². The molecule has 1 N–H and O–H groups in total. The molecule has 0 spiro atoms. The molecule has 0 atom stereocenters. The number of hydrogen-bond acceptors (Lipinski definition) is 6. The summed E-state index contributed by atoms with van der Waals surface area (Å²) in [4.78, 5) is 24.1. The number of nitrogens with one attached hydrogen (secondary N) is 1. The lowest BCUT2D eigenvalue weighted by molar-refractivity contribution is -0.116. The summed E-state index contributed by atoms with van der Waals surface area (Å²) in [7, 11) is -2.58. The Morgan fingerprint density at radius 3 is 2.30 bits per heavy atom. The maximum absolute atomic E-state index is 12.6. The average Bonchev–Trinajstić information content (AvgIpc) is 2.74. The van der Waals surface area contributed by atoms with Crippen LogP contribution in [-0.2, 0) is 19.6 Å². The first-order valence-corrected chi connectivity index (χ1v) is 10.8. The van der Waals surface area contributed by atoms with Crippen molar-refractivity contribution >= 4 is 27.6 Å². The molecule has 0 saturated heterocycles. The fourth-order valence-electron chi connectivity index (χ4n) is 2.45. The van der Waals surface area contributed by atoms with Gasteiger partial charge in [0.2, 0.25) is 15.9 Å². The molecule has 0 aliphatic heterocycles. The highest BCUT2D eigenvalue weighted by atomic mass is 32.2. The Morgan fingerprint density at radius 1 is 1.10 bits per heavy atom. The van der Waals surface area contributed by atoms with Crippen molar-refractivity contribution < 1.29 is 22.7 Å². The second-order valence-corrected chi connectivity index (χ2v) is 8.56. The van der Waals surface area contributed by atoms with E-state index in [0.29, 0.717) is 23.4 Å². The number of carbonyl (C=O) groups excluding carboxylic acids is 2. The van der Waals surface area contributed by atoms with Crippen LogP contribution in [0.4, 0.5) is 5.69 Å². The quantitative estimate of drug-likeness (QED) is 0.484. The van der Waals surface area contributed by atoms with Gasteiger partial charge in [0.05, 0.1) is 35.2 Å². The van der Waals surface area contributed by atoms with E-state index >= 15 is 0 Å². The number of benzene rings is 2. The summed E-state index contributed by atoms with van der Waals surface area (Å²) in [5.41, 5.74) is 1.13. The van der Waals surface area contributed by atoms with Crippen LogP contribution >= 0.6 is 0 Å². The summed E-state index contributed by atoms with van der Waals surface area (Å²) >= 11 is 0. The van der Waals surface area contributed by atoms with Crippen molar-refractivity contribution in [1.82, 2.24) is 4.31 Å². The summed E-state index contributed by atoms with van der Waals surface area (Å²) < 4.78 is 31.2. The van der Waals surface area contributed by atoms with Gasteiger partial charge in [0, 0.05) is 12.7 Å². The molecular weight excluding hydrogens is 406 g/mol. The fraction of sp³-hybridized carbons (Fsp3) is 0.286. The van der Waals surface area contributed by atoms with Crippen molar-refractivity contribution in [3.8, 4) is 6.07 Å². The van der Waals surface area contributed by atoms with Crippen LogP contribution in [0.2, 0.25) is 0 Å². The summed E-state index contributed by atoms with van der Waals surface area (Å²) in [6, 6.07) is 13.5. The average molecular weight is 429 g/mol. The van der Waals surface area contributed by atoms with Gasteiger partial charge in [0.1, 0.15) is 0 Å². The molecule has 0 unspecified atom stereocenters. The first-order chi connectivity index (χ1) is 14.3. The summed E-state index contributed by atoms with van der Waals surface area (Å²) in [6.45, 7) is 1.95. The maximum atomic E-state index is 12.6. The van der Waals surface area contributed by atoms with Gasteiger partial charge in [-0.15, -0.1) is 0 Å². The van der Waals surface area contributed by atoms with Crippen LogP contribution in [0.15, 0.2) is 53.4 Å². The Morgan fingerprint density at radius 2 is 1.73 bits per heavy atom. The highest BCUT2D eigenvalue weighted by Crippen LogP contribution is 2.16. The fourth-order valence-corrected chi connectivity index (χ4v) is 3.58. The number of nitrogens with zero attached hydrogens (tertiary/aromatic N) is 2. The molecule has 0 aliphatic rings. The number of ether oxygens (including phenoxy) is 1. The van der Waals surface area contributed by atoms with E-state index in [0.717, 1.165) is 17.1 Å². The topological polar surface area (TPSA) is 117 Å². The smallest absolute Gasteiger partial charge is 0.338 e. The van der Waals surface area contributed by atoms with Crippen molar-refractivity contribution in [1.29, 1.82) is 5.26 Å². The molecule has 0 bridgehead atoms. The standard InChI is InChI=1S/C21H23N3O5S/c1-3-4-13-29-21(26)17-7-9-18(10-8-17)23-20(25)15-24(2)30(27,28)19-11-5-16(14-22)6-12-19/h5-12H,3-4,13,15H2,1-2H3,(H,23,25). The molecule has 1 amide bonds. The number of anilines is 1. The number of amides is 1. The largest absolute Gasteiger partial charge is 0.462 e. The third-order valence-corrected chi connectivity index (χ3v) is 6.01. The molecular formula is C21H23N3O5S. The molecule has 2 aromatic carbocycles. The summed E-state index contributed by atoms with van der Waals surface area (Å²) in [6.07, 6.45) is 1.71. The van der Waals surface area contributed by atoms with Crippen LogP contribution in [0.1, 0.15) is 35.7 Å². The van der Waals surface area contributed by atoms with Gasteiger partial charge in [-0.05, 0) is 55.0 Å². The second-order valence-electron chi connectivity index (χ2n) is 6.51. The van der Waals surface area contributed by atoms with Crippen molar-refractivity contribution in [3.63, 3.8) is 0 Å². The second kappa shape index (κ2) is 10.5. The minimum Gasteiger partial charge on any atom is -0.462 e. The Balaban J connectivity index is 1.95. The molecule has 2 aromatic rings. The predicted molar refractivity (Wildman–Crippen MR) is 111 cm³/mol. The first-order valence-electron chi connectivity index (χ1n) is 9.31. The highest BCUT2D eigenvalue weighted by Gasteiger charge is 2.23. The minimum absolute atomic E-state index is 0.0114. The zero-order valence-electron chi connectivity index (χ0n) is 16.8. The van der Waals surface area contributed by atoms with E-state index in [1.54, 1.807) is 12.1 Å². The van der Waals surface area contributed by atoms with Crippen LogP contribution in [0, 0.1) is 11.3 Å². The van der Waals surface area contributed by atoms with Crippen molar-refractivity contribution in [2.24, 2.45) is 0 Å². The van der Waals surface area contributed by atoms with E-state index in [9.17, 15) is 18.0 Å². The van der Waals surface area contributed by atoms with Gasteiger partial charge < -0.3 is 10.1 Å². The number of hydrogen-bond donors (Lipinski definition) is 1. The van der Waals surface area contributed by atoms with Gasteiger partial charge in [-0.3, -0.25) is 4.79 Å². The lowest BCUT2D eigenvalue weighted by Crippen LogP contribution is -2.34. The van der Waals surface area contributed by atoms with Gasteiger partial charge in [0.25, 0.3) is 0 Å². The van der Waals surface area contributed by atoms with E-state index in [1.165, 1.54) is 43.4 Å². The zero-order chi connectivity index (χ0) is 22.1. The molecule has 158 valence electrons. The number of nitriles is 1. The molecule has 0 aromatic heterocycles. The van der Waals surface area contributed by atoms with Crippen molar-refractivity contribution in [2.45, 2.75) is 24.7 Å². The van der Waals surface area contributed by atoms with Crippen LogP contribution in [0.25, 0.3) is 0 Å². The van der Waals surface area contributed by atoms with E-state index < -0.39 is 28.4 Å². The Kier molecular flexibility index (Phi) is 8.09. The third kappa shape index (κ3) is 6.14. The predicted octanol–water partition coefficient (Wildman–Crippen LogP) is 2.77. The monoisotopic (exact) mass is 429 g/mol. The van der Waals surface area contributed by atoms with E-state index in [1.807, 2.05) is 13.0 Å². The Bertz CT molecular complexity index is 1030. The molecule has 0 heterocycles. The molecule has 0 aliphatic carbocycles. The summed E-state index contributed by atoms with van der Waals surface area (Å²) in [5, 5.41) is 11.4. The number of rotatable bonds is 9. The number of esters is 1. The summed E-state index contributed by atoms with van der Waals surface area (Å²) in [5.74, 6) is -0.970. The van der Waals surface area contributed by atoms with Crippen LogP contribution in [0.5, 0.6) is 0 Å². The number of likely N-dealkylation sites (N-methyl/N-ethyl adjacent to an activating group) is 1. The molecule has 30 heavy (non-hydrogen) atoms. The van der Waals surface area contributed by atoms with Gasteiger partial charge in [-0.2, -0.15) is 9.57 Å². The number of carbonyl (C=O) groups is 2. The molecule has 2 rings (SSSR count). The molecule has 9 heteroatoms. The Hall–Kier alpha value is -3.22. The van der Waals surface area contributed by atoms with E-state index in [4.69, 9.17) is 10.00 Å². The lowest BCUT2D eigenvalue weighted by Gasteiger charge is -2.17. The highest BCUT2D eigenvalue weighted by molar-refractivity contribution is 7.89. The zero-order valence-corrected chi connectivity index (χ0v) is 17.6. The van der Waals surface area contributed by atoms with E-state index in [2.05, 4.69) is 5.32 Å². The lowest BCUT2D eigenvalue weighted by atomic mass is 10.2. The van der Waals surface area contributed by atoms with Crippen molar-refractivity contribution in [3.05, 3.63) is 59.7 Å². The Labute approximate surface area is 176 Å². The first kappa shape index (κ1) is 23.1. The van der Waals surface area contributed by atoms with Crippen LogP contribution in [-0.4, -0.2) is 44.8 Å². The number of unbranched alkanes of at least 4 members (excludes halogenated alkanes) is 1. The van der Waals surface area contributed by atoms with E-state index in [-0.39, 0.29) is 4.90 Å².